The molecule has 186 valence electrons. The molecule has 0 bridgehead atoms. The molecule has 1 amide bonds. The summed E-state index contributed by atoms with van der Waals surface area (Å²) < 4.78 is 27.9. The molecule has 0 saturated heterocycles. The number of carbonyl (C=O) groups excluding carboxylic acids is 1. The van der Waals surface area contributed by atoms with Gasteiger partial charge in [-0.3, -0.25) is 4.79 Å². The van der Waals surface area contributed by atoms with E-state index in [0.29, 0.717) is 35.1 Å². The van der Waals surface area contributed by atoms with Crippen molar-refractivity contribution in [1.82, 2.24) is 0 Å². The number of hydrogen-bond acceptors (Lipinski definition) is 6. The predicted octanol–water partition coefficient (Wildman–Crippen LogP) is 6.57. The molecule has 0 aliphatic carbocycles. The minimum absolute atomic E-state index is 0.249. The van der Waals surface area contributed by atoms with E-state index in [2.05, 4.69) is 5.32 Å². The van der Waals surface area contributed by atoms with Gasteiger partial charge in [-0.1, -0.05) is 0 Å². The van der Waals surface area contributed by atoms with Crippen molar-refractivity contribution >= 4 is 28.1 Å². The van der Waals surface area contributed by atoms with Gasteiger partial charge in [0.15, 0.2) is 0 Å². The molecule has 0 saturated carbocycles. The molecule has 0 atom stereocenters. The minimum Gasteiger partial charge on any atom is -0.497 e. The molecule has 0 radical (unpaired) electrons. The Hall–Kier alpha value is -4.39. The second-order valence-electron chi connectivity index (χ2n) is 8.04. The molecule has 1 heterocycles. The average Bonchev–Trinajstić information content (AvgIpc) is 3.31. The first-order valence-corrected chi connectivity index (χ1v) is 11.5. The normalized spacial score (nSPS) is 11.3. The Kier molecular flexibility index (Phi) is 7.49. The standard InChI is InChI=1S/C29H29NO6/c1-6-35-20-9-7-19(8-10-20)30-29(31)13-18(2)22-15-24-25(17-36-28(24)16-27(22)34-5)23-14-21(32-3)11-12-26(23)33-4/h7-17H,6H2,1-5H3,(H,30,31)/b18-13+. The van der Waals surface area contributed by atoms with E-state index in [4.69, 9.17) is 23.4 Å². The van der Waals surface area contributed by atoms with Crippen LogP contribution in [-0.4, -0.2) is 33.8 Å². The highest BCUT2D eigenvalue weighted by Gasteiger charge is 2.18. The summed E-state index contributed by atoms with van der Waals surface area (Å²) in [7, 11) is 4.83. The third-order valence-corrected chi connectivity index (χ3v) is 5.80. The number of rotatable bonds is 9. The van der Waals surface area contributed by atoms with Crippen LogP contribution in [0.15, 0.2) is 71.4 Å². The fraction of sp³-hybridized carbons (Fsp3) is 0.207. The van der Waals surface area contributed by atoms with Crippen LogP contribution in [-0.2, 0) is 4.79 Å². The van der Waals surface area contributed by atoms with Crippen molar-refractivity contribution in [3.8, 4) is 34.1 Å². The van der Waals surface area contributed by atoms with Gasteiger partial charge in [0.05, 0.1) is 34.2 Å². The van der Waals surface area contributed by atoms with Crippen LogP contribution in [0.4, 0.5) is 5.69 Å². The molecule has 0 unspecified atom stereocenters. The van der Waals surface area contributed by atoms with Crippen molar-refractivity contribution in [3.05, 3.63) is 72.5 Å². The number of ether oxygens (including phenoxy) is 4. The van der Waals surface area contributed by atoms with Gasteiger partial charge >= 0.3 is 0 Å². The second-order valence-corrected chi connectivity index (χ2v) is 8.04. The van der Waals surface area contributed by atoms with Gasteiger partial charge in [-0.25, -0.2) is 0 Å². The molecule has 0 aliphatic heterocycles. The highest BCUT2D eigenvalue weighted by molar-refractivity contribution is 6.05. The lowest BCUT2D eigenvalue weighted by atomic mass is 9.98. The van der Waals surface area contributed by atoms with Crippen molar-refractivity contribution in [2.24, 2.45) is 0 Å². The molecule has 4 rings (SSSR count). The van der Waals surface area contributed by atoms with Crippen molar-refractivity contribution in [1.29, 1.82) is 0 Å². The number of anilines is 1. The zero-order chi connectivity index (χ0) is 25.7. The van der Waals surface area contributed by atoms with Crippen LogP contribution in [0.25, 0.3) is 27.7 Å². The summed E-state index contributed by atoms with van der Waals surface area (Å²) in [6, 6.07) is 16.6. The van der Waals surface area contributed by atoms with E-state index in [1.54, 1.807) is 45.8 Å². The third-order valence-electron chi connectivity index (χ3n) is 5.80. The van der Waals surface area contributed by atoms with Crippen molar-refractivity contribution < 1.29 is 28.2 Å². The second kappa shape index (κ2) is 10.9. The maximum atomic E-state index is 12.8. The summed E-state index contributed by atoms with van der Waals surface area (Å²) in [6.45, 7) is 4.38. The number of carbonyl (C=O) groups is 1. The lowest BCUT2D eigenvalue weighted by Crippen LogP contribution is -2.08. The molecule has 36 heavy (non-hydrogen) atoms. The maximum absolute atomic E-state index is 12.8. The molecular weight excluding hydrogens is 458 g/mol. The Balaban J connectivity index is 1.69. The molecule has 0 aliphatic rings. The Morgan fingerprint density at radius 3 is 2.28 bits per heavy atom. The number of amides is 1. The fourth-order valence-corrected chi connectivity index (χ4v) is 4.02. The van der Waals surface area contributed by atoms with E-state index in [0.717, 1.165) is 33.4 Å². The topological polar surface area (TPSA) is 79.2 Å². The molecular formula is C29H29NO6. The van der Waals surface area contributed by atoms with Gasteiger partial charge in [0.1, 0.15) is 28.6 Å². The van der Waals surface area contributed by atoms with Crippen LogP contribution in [0, 0.1) is 0 Å². The molecule has 0 fully saturated rings. The SMILES string of the molecule is CCOc1ccc(NC(=O)/C=C(\C)c2cc3c(-c4cc(OC)ccc4OC)coc3cc2OC)cc1. The summed E-state index contributed by atoms with van der Waals surface area (Å²) in [5.74, 6) is 2.50. The zero-order valence-electron chi connectivity index (χ0n) is 21.0. The van der Waals surface area contributed by atoms with Gasteiger partial charge in [0.25, 0.3) is 0 Å². The van der Waals surface area contributed by atoms with Crippen LogP contribution in [0.2, 0.25) is 0 Å². The maximum Gasteiger partial charge on any atom is 0.248 e. The lowest BCUT2D eigenvalue weighted by Gasteiger charge is -2.12. The first kappa shape index (κ1) is 24.7. The first-order chi connectivity index (χ1) is 17.5. The smallest absolute Gasteiger partial charge is 0.248 e. The van der Waals surface area contributed by atoms with E-state index in [1.165, 1.54) is 0 Å². The van der Waals surface area contributed by atoms with Crippen molar-refractivity contribution in [3.63, 3.8) is 0 Å². The fourth-order valence-electron chi connectivity index (χ4n) is 4.02. The molecule has 7 nitrogen and oxygen atoms in total. The first-order valence-electron chi connectivity index (χ1n) is 11.5. The van der Waals surface area contributed by atoms with Gasteiger partial charge in [-0.15, -0.1) is 0 Å². The summed E-state index contributed by atoms with van der Waals surface area (Å²) in [5, 5.41) is 3.74. The zero-order valence-corrected chi connectivity index (χ0v) is 21.0. The third kappa shape index (κ3) is 5.15. The number of methoxy groups -OCH3 is 3. The van der Waals surface area contributed by atoms with E-state index in [1.807, 2.05) is 56.3 Å². The number of allylic oxidation sites excluding steroid dienone is 1. The van der Waals surface area contributed by atoms with E-state index < -0.39 is 0 Å². The molecule has 7 heteroatoms. The largest absolute Gasteiger partial charge is 0.497 e. The van der Waals surface area contributed by atoms with Crippen LogP contribution in [0.5, 0.6) is 23.0 Å². The Bertz CT molecular complexity index is 1400. The molecule has 1 N–H and O–H groups in total. The summed E-state index contributed by atoms with van der Waals surface area (Å²) in [4.78, 5) is 12.8. The van der Waals surface area contributed by atoms with Gasteiger partial charge in [0, 0.05) is 39.9 Å². The number of nitrogens with one attached hydrogen (secondary N) is 1. The molecule has 1 aromatic heterocycles. The van der Waals surface area contributed by atoms with Crippen LogP contribution >= 0.6 is 0 Å². The highest BCUT2D eigenvalue weighted by atomic mass is 16.5. The Morgan fingerprint density at radius 1 is 0.889 bits per heavy atom. The number of furan rings is 1. The van der Waals surface area contributed by atoms with Gasteiger partial charge < -0.3 is 28.7 Å². The number of hydrogen-bond donors (Lipinski definition) is 1. The quantitative estimate of drug-likeness (QED) is 0.269. The van der Waals surface area contributed by atoms with Gasteiger partial charge in [0.2, 0.25) is 5.91 Å². The van der Waals surface area contributed by atoms with Gasteiger partial charge in [-0.05, 0) is 68.0 Å². The summed E-state index contributed by atoms with van der Waals surface area (Å²) >= 11 is 0. The lowest BCUT2D eigenvalue weighted by molar-refractivity contribution is -0.111. The summed E-state index contributed by atoms with van der Waals surface area (Å²) in [5.41, 5.74) is 4.52. The van der Waals surface area contributed by atoms with Crippen molar-refractivity contribution in [2.75, 3.05) is 33.3 Å². The minimum atomic E-state index is -0.249. The van der Waals surface area contributed by atoms with Crippen LogP contribution in [0.1, 0.15) is 19.4 Å². The Labute approximate surface area is 210 Å². The average molecular weight is 488 g/mol. The number of fused-ring (bicyclic) bond motifs is 1. The number of benzene rings is 3. The van der Waals surface area contributed by atoms with Crippen molar-refractivity contribution in [2.45, 2.75) is 13.8 Å². The monoisotopic (exact) mass is 487 g/mol. The Morgan fingerprint density at radius 2 is 1.61 bits per heavy atom. The van der Waals surface area contributed by atoms with Crippen LogP contribution < -0.4 is 24.3 Å². The van der Waals surface area contributed by atoms with Crippen LogP contribution in [0.3, 0.4) is 0 Å². The molecule has 3 aromatic carbocycles. The van der Waals surface area contributed by atoms with E-state index >= 15 is 0 Å². The predicted molar refractivity (Wildman–Crippen MR) is 141 cm³/mol. The molecule has 0 spiro atoms. The van der Waals surface area contributed by atoms with Gasteiger partial charge in [-0.2, -0.15) is 0 Å². The summed E-state index contributed by atoms with van der Waals surface area (Å²) in [6.07, 6.45) is 3.23. The van der Waals surface area contributed by atoms with E-state index in [9.17, 15) is 4.79 Å². The van der Waals surface area contributed by atoms with E-state index in [-0.39, 0.29) is 5.91 Å². The molecule has 4 aromatic rings. The highest BCUT2D eigenvalue weighted by Crippen LogP contribution is 2.41.